The Morgan fingerprint density at radius 2 is 2.06 bits per heavy atom. The van der Waals surface area contributed by atoms with Gasteiger partial charge in [-0.05, 0) is 18.8 Å². The van der Waals surface area contributed by atoms with E-state index in [-0.39, 0.29) is 17.1 Å². The highest BCUT2D eigenvalue weighted by Gasteiger charge is 2.36. The summed E-state index contributed by atoms with van der Waals surface area (Å²) in [5.41, 5.74) is -0.371. The van der Waals surface area contributed by atoms with Gasteiger partial charge in [0.25, 0.3) is 0 Å². The van der Waals surface area contributed by atoms with Crippen molar-refractivity contribution in [2.75, 3.05) is 26.3 Å². The second-order valence-electron chi connectivity index (χ2n) is 6.13. The number of carbonyl (C=O) groups excluding carboxylic acids is 2. The molecule has 0 spiro atoms. The average Bonchev–Trinajstić information content (AvgIpc) is 2.34. The van der Waals surface area contributed by atoms with Gasteiger partial charge in [-0.3, -0.25) is 9.59 Å². The molecule has 0 aromatic rings. The third-order valence-electron chi connectivity index (χ3n) is 4.11. The molecule has 1 amide bonds. The Labute approximate surface area is 109 Å². The number of ketones is 1. The number of piperidine rings is 1. The maximum absolute atomic E-state index is 12.2. The summed E-state index contributed by atoms with van der Waals surface area (Å²) in [5, 5.41) is 0. The second kappa shape index (κ2) is 5.39. The minimum Gasteiger partial charge on any atom is -0.381 e. The first-order valence-electron chi connectivity index (χ1n) is 6.88. The van der Waals surface area contributed by atoms with E-state index in [1.165, 1.54) is 0 Å². The van der Waals surface area contributed by atoms with Crippen molar-refractivity contribution < 1.29 is 14.3 Å². The Morgan fingerprint density at radius 1 is 1.39 bits per heavy atom. The molecular formula is C14H23NO3. The van der Waals surface area contributed by atoms with Gasteiger partial charge in [0.05, 0.1) is 0 Å². The van der Waals surface area contributed by atoms with Crippen LogP contribution in [-0.2, 0) is 14.3 Å². The van der Waals surface area contributed by atoms with Crippen molar-refractivity contribution in [2.24, 2.45) is 11.3 Å². The number of Topliss-reactive ketones (excluding diaryl/α,β-unsaturated/α-hetero) is 1. The number of hydrogen-bond acceptors (Lipinski definition) is 3. The minimum absolute atomic E-state index is 0.211. The lowest BCUT2D eigenvalue weighted by atomic mass is 9.82. The van der Waals surface area contributed by atoms with E-state index >= 15 is 0 Å². The van der Waals surface area contributed by atoms with Gasteiger partial charge in [0.15, 0.2) is 0 Å². The number of amides is 1. The number of ether oxygens (including phenoxy) is 1. The number of rotatable bonds is 2. The topological polar surface area (TPSA) is 46.6 Å². The Balaban J connectivity index is 1.87. The summed E-state index contributed by atoms with van der Waals surface area (Å²) < 4.78 is 5.30. The van der Waals surface area contributed by atoms with Crippen LogP contribution < -0.4 is 0 Å². The van der Waals surface area contributed by atoms with E-state index in [1.54, 1.807) is 0 Å². The molecule has 0 radical (unpaired) electrons. The molecule has 0 saturated carbocycles. The maximum atomic E-state index is 12.2. The van der Waals surface area contributed by atoms with Crippen LogP contribution in [0.15, 0.2) is 0 Å². The Bertz CT molecular complexity index is 332. The van der Waals surface area contributed by atoms with E-state index in [4.69, 9.17) is 4.74 Å². The van der Waals surface area contributed by atoms with Crippen LogP contribution in [0.2, 0.25) is 0 Å². The van der Waals surface area contributed by atoms with E-state index in [0.29, 0.717) is 31.8 Å². The van der Waals surface area contributed by atoms with Gasteiger partial charge in [0.2, 0.25) is 5.91 Å². The zero-order chi connectivity index (χ0) is 13.2. The average molecular weight is 253 g/mol. The van der Waals surface area contributed by atoms with Crippen LogP contribution >= 0.6 is 0 Å². The van der Waals surface area contributed by atoms with Gasteiger partial charge in [0, 0.05) is 44.6 Å². The van der Waals surface area contributed by atoms with Crippen LogP contribution in [-0.4, -0.2) is 42.9 Å². The molecule has 4 nitrogen and oxygen atoms in total. The standard InChI is InChI=1S/C14H23NO3/c1-14(2)10-15(6-3-12(14)16)13(17)9-11-4-7-18-8-5-11/h11H,3-10H2,1-2H3. The van der Waals surface area contributed by atoms with Crippen LogP contribution in [0, 0.1) is 11.3 Å². The highest BCUT2D eigenvalue weighted by molar-refractivity contribution is 5.87. The first-order valence-corrected chi connectivity index (χ1v) is 6.88. The molecule has 0 aliphatic carbocycles. The number of hydrogen-bond donors (Lipinski definition) is 0. The lowest BCUT2D eigenvalue weighted by Gasteiger charge is -2.37. The molecule has 2 aliphatic heterocycles. The fourth-order valence-corrected chi connectivity index (χ4v) is 2.76. The first-order chi connectivity index (χ1) is 8.49. The summed E-state index contributed by atoms with van der Waals surface area (Å²) in [6.07, 6.45) is 3.10. The largest absolute Gasteiger partial charge is 0.381 e. The maximum Gasteiger partial charge on any atom is 0.222 e. The molecular weight excluding hydrogens is 230 g/mol. The molecule has 2 fully saturated rings. The lowest BCUT2D eigenvalue weighted by molar-refractivity contribution is -0.141. The van der Waals surface area contributed by atoms with Crippen molar-refractivity contribution >= 4 is 11.7 Å². The summed E-state index contributed by atoms with van der Waals surface area (Å²) in [7, 11) is 0. The van der Waals surface area contributed by atoms with Gasteiger partial charge >= 0.3 is 0 Å². The van der Waals surface area contributed by atoms with Crippen molar-refractivity contribution in [3.05, 3.63) is 0 Å². The van der Waals surface area contributed by atoms with Crippen LogP contribution in [0.1, 0.15) is 39.5 Å². The SMILES string of the molecule is CC1(C)CN(C(=O)CC2CCOCC2)CCC1=O. The fourth-order valence-electron chi connectivity index (χ4n) is 2.76. The van der Waals surface area contributed by atoms with E-state index in [9.17, 15) is 9.59 Å². The van der Waals surface area contributed by atoms with E-state index in [2.05, 4.69) is 0 Å². The van der Waals surface area contributed by atoms with Crippen molar-refractivity contribution in [3.8, 4) is 0 Å². The van der Waals surface area contributed by atoms with Crippen LogP contribution in [0.5, 0.6) is 0 Å². The third-order valence-corrected chi connectivity index (χ3v) is 4.11. The molecule has 4 heteroatoms. The van der Waals surface area contributed by atoms with Crippen LogP contribution in [0.4, 0.5) is 0 Å². The molecule has 2 saturated heterocycles. The summed E-state index contributed by atoms with van der Waals surface area (Å²) in [6.45, 7) is 6.61. The normalized spacial score (nSPS) is 25.2. The van der Waals surface area contributed by atoms with Gasteiger partial charge in [-0.1, -0.05) is 13.8 Å². The molecule has 0 atom stereocenters. The summed E-state index contributed by atoms with van der Waals surface area (Å²) in [6, 6.07) is 0. The first kappa shape index (κ1) is 13.5. The van der Waals surface area contributed by atoms with E-state index in [1.807, 2.05) is 18.7 Å². The second-order valence-corrected chi connectivity index (χ2v) is 6.13. The Morgan fingerprint density at radius 3 is 2.67 bits per heavy atom. The molecule has 0 N–H and O–H groups in total. The van der Waals surface area contributed by atoms with Crippen molar-refractivity contribution in [1.82, 2.24) is 4.90 Å². The Hall–Kier alpha value is -0.900. The summed E-state index contributed by atoms with van der Waals surface area (Å²) in [4.78, 5) is 25.8. The van der Waals surface area contributed by atoms with Gasteiger partial charge in [0.1, 0.15) is 5.78 Å². The molecule has 2 rings (SSSR count). The molecule has 0 aromatic heterocycles. The highest BCUT2D eigenvalue weighted by atomic mass is 16.5. The van der Waals surface area contributed by atoms with Gasteiger partial charge in [-0.25, -0.2) is 0 Å². The van der Waals surface area contributed by atoms with Crippen molar-refractivity contribution in [3.63, 3.8) is 0 Å². The van der Waals surface area contributed by atoms with Crippen molar-refractivity contribution in [1.29, 1.82) is 0 Å². The number of carbonyl (C=O) groups is 2. The predicted octanol–water partition coefficient (Wildman–Crippen LogP) is 1.63. The molecule has 18 heavy (non-hydrogen) atoms. The molecule has 0 unspecified atom stereocenters. The molecule has 0 aromatic carbocycles. The molecule has 102 valence electrons. The molecule has 0 bridgehead atoms. The lowest BCUT2D eigenvalue weighted by Crippen LogP contribution is -2.49. The van der Waals surface area contributed by atoms with Gasteiger partial charge < -0.3 is 9.64 Å². The van der Waals surface area contributed by atoms with Gasteiger partial charge in [-0.2, -0.15) is 0 Å². The molecule has 2 heterocycles. The number of likely N-dealkylation sites (tertiary alicyclic amines) is 1. The van der Waals surface area contributed by atoms with E-state index < -0.39 is 0 Å². The van der Waals surface area contributed by atoms with Crippen LogP contribution in [0.3, 0.4) is 0 Å². The third kappa shape index (κ3) is 3.10. The zero-order valence-corrected chi connectivity index (χ0v) is 11.4. The minimum atomic E-state index is -0.371. The van der Waals surface area contributed by atoms with Crippen molar-refractivity contribution in [2.45, 2.75) is 39.5 Å². The highest BCUT2D eigenvalue weighted by Crippen LogP contribution is 2.27. The summed E-state index contributed by atoms with van der Waals surface area (Å²) in [5.74, 6) is 0.951. The Kier molecular flexibility index (Phi) is 4.05. The predicted molar refractivity (Wildman–Crippen MR) is 68.1 cm³/mol. The fraction of sp³-hybridized carbons (Fsp3) is 0.857. The molecule has 2 aliphatic rings. The quantitative estimate of drug-likeness (QED) is 0.751. The monoisotopic (exact) mass is 253 g/mol. The smallest absolute Gasteiger partial charge is 0.222 e. The van der Waals surface area contributed by atoms with E-state index in [0.717, 1.165) is 26.1 Å². The van der Waals surface area contributed by atoms with Gasteiger partial charge in [-0.15, -0.1) is 0 Å². The summed E-state index contributed by atoms with van der Waals surface area (Å²) >= 11 is 0. The van der Waals surface area contributed by atoms with Crippen LogP contribution in [0.25, 0.3) is 0 Å². The zero-order valence-electron chi connectivity index (χ0n) is 11.4. The number of nitrogens with zero attached hydrogens (tertiary/aromatic N) is 1.